The van der Waals surface area contributed by atoms with E-state index in [0.717, 1.165) is 82.5 Å². The molecular formula is C36H47FN4O3S. The van der Waals surface area contributed by atoms with Gasteiger partial charge in [0.05, 0.1) is 11.3 Å². The standard InChI is InChI=1S/C36H47FN4O3S/c1-3-41(36(42)24-28-9-11-34(12-10-28)45(2,43)44)33-15-21-39(22-16-33)23-17-35(31-7-4-8-32(37)25-31)30-13-19-40(20-14-30)27-29-6-5-18-38-26-29/h4-12,18,25-26,30,33,35H,3,13-17,19-24,27H2,1-2H3. The van der Waals surface area contributed by atoms with E-state index in [9.17, 15) is 17.6 Å². The molecule has 1 aromatic heterocycles. The number of sulfone groups is 1. The normalized spacial score (nSPS) is 18.1. The number of likely N-dealkylation sites (N-methyl/N-ethyl adjacent to an activating group) is 1. The fraction of sp³-hybridized carbons (Fsp3) is 0.500. The number of amides is 1. The van der Waals surface area contributed by atoms with Crippen molar-refractivity contribution in [2.75, 3.05) is 45.5 Å². The zero-order chi connectivity index (χ0) is 31.8. The van der Waals surface area contributed by atoms with E-state index in [1.807, 2.05) is 36.4 Å². The number of carbonyl (C=O) groups is 1. The highest BCUT2D eigenvalue weighted by molar-refractivity contribution is 7.90. The topological polar surface area (TPSA) is 73.8 Å². The third kappa shape index (κ3) is 9.21. The molecule has 1 unspecified atom stereocenters. The van der Waals surface area contributed by atoms with Gasteiger partial charge in [-0.25, -0.2) is 12.8 Å². The van der Waals surface area contributed by atoms with Gasteiger partial charge < -0.3 is 9.80 Å². The van der Waals surface area contributed by atoms with Crippen LogP contribution in [-0.2, 0) is 27.6 Å². The van der Waals surface area contributed by atoms with E-state index in [1.54, 1.807) is 30.3 Å². The highest BCUT2D eigenvalue weighted by atomic mass is 32.2. The number of hydrogen-bond donors (Lipinski definition) is 0. The molecular weight excluding hydrogens is 587 g/mol. The summed E-state index contributed by atoms with van der Waals surface area (Å²) >= 11 is 0. The lowest BCUT2D eigenvalue weighted by atomic mass is 9.78. The number of benzene rings is 2. The summed E-state index contributed by atoms with van der Waals surface area (Å²) in [6, 6.07) is 18.2. The highest BCUT2D eigenvalue weighted by Gasteiger charge is 2.31. The number of aromatic nitrogens is 1. The fourth-order valence-electron chi connectivity index (χ4n) is 7.22. The molecule has 242 valence electrons. The second kappa shape index (κ2) is 15.4. The average Bonchev–Trinajstić information content (AvgIpc) is 3.03. The maximum absolute atomic E-state index is 14.3. The Kier molecular flexibility index (Phi) is 11.4. The van der Waals surface area contributed by atoms with E-state index in [0.29, 0.717) is 18.4 Å². The Balaban J connectivity index is 1.13. The van der Waals surface area contributed by atoms with Crippen LogP contribution in [0.25, 0.3) is 0 Å². The zero-order valence-corrected chi connectivity index (χ0v) is 27.5. The quantitative estimate of drug-likeness (QED) is 0.260. The Morgan fingerprint density at radius 2 is 1.67 bits per heavy atom. The van der Waals surface area contributed by atoms with Crippen molar-refractivity contribution in [1.29, 1.82) is 0 Å². The number of hydrogen-bond acceptors (Lipinski definition) is 6. The molecule has 2 aliphatic rings. The van der Waals surface area contributed by atoms with Crippen molar-refractivity contribution in [3.63, 3.8) is 0 Å². The first-order valence-corrected chi connectivity index (χ1v) is 18.3. The molecule has 0 radical (unpaired) electrons. The Morgan fingerprint density at radius 1 is 0.956 bits per heavy atom. The number of halogens is 1. The van der Waals surface area contributed by atoms with Gasteiger partial charge in [0, 0.05) is 50.9 Å². The highest BCUT2D eigenvalue weighted by Crippen LogP contribution is 2.36. The molecule has 0 aliphatic carbocycles. The number of piperidine rings is 2. The van der Waals surface area contributed by atoms with Crippen molar-refractivity contribution in [3.05, 3.63) is 95.6 Å². The lowest BCUT2D eigenvalue weighted by Crippen LogP contribution is -2.48. The first kappa shape index (κ1) is 33.2. The van der Waals surface area contributed by atoms with Crippen molar-refractivity contribution in [1.82, 2.24) is 19.7 Å². The molecule has 2 aliphatic heterocycles. The van der Waals surface area contributed by atoms with E-state index in [2.05, 4.69) is 26.9 Å². The summed E-state index contributed by atoms with van der Waals surface area (Å²) < 4.78 is 37.9. The lowest BCUT2D eigenvalue weighted by molar-refractivity contribution is -0.133. The predicted molar refractivity (Wildman–Crippen MR) is 176 cm³/mol. The summed E-state index contributed by atoms with van der Waals surface area (Å²) in [4.78, 5) is 24.8. The molecule has 0 N–H and O–H groups in total. The van der Waals surface area contributed by atoms with Crippen LogP contribution in [0.15, 0.2) is 78.0 Å². The van der Waals surface area contributed by atoms with Gasteiger partial charge in [0.2, 0.25) is 5.91 Å². The third-order valence-corrected chi connectivity index (χ3v) is 10.9. The molecule has 2 saturated heterocycles. The van der Waals surface area contributed by atoms with Crippen LogP contribution in [-0.4, -0.2) is 85.6 Å². The maximum atomic E-state index is 14.3. The monoisotopic (exact) mass is 634 g/mol. The molecule has 1 amide bonds. The van der Waals surface area contributed by atoms with Gasteiger partial charge in [-0.15, -0.1) is 0 Å². The summed E-state index contributed by atoms with van der Waals surface area (Å²) in [6.07, 6.45) is 10.3. The van der Waals surface area contributed by atoms with Crippen molar-refractivity contribution < 1.29 is 17.6 Å². The molecule has 3 aromatic rings. The summed E-state index contributed by atoms with van der Waals surface area (Å²) in [6.45, 7) is 8.55. The average molecular weight is 635 g/mol. The number of carbonyl (C=O) groups excluding carboxylic acids is 1. The summed E-state index contributed by atoms with van der Waals surface area (Å²) in [7, 11) is -3.26. The summed E-state index contributed by atoms with van der Waals surface area (Å²) in [5.41, 5.74) is 3.19. The van der Waals surface area contributed by atoms with Crippen LogP contribution in [0.2, 0.25) is 0 Å². The van der Waals surface area contributed by atoms with Crippen LogP contribution in [0.3, 0.4) is 0 Å². The van der Waals surface area contributed by atoms with E-state index >= 15 is 0 Å². The molecule has 1 atom stereocenters. The van der Waals surface area contributed by atoms with Gasteiger partial charge in [0.25, 0.3) is 0 Å². The zero-order valence-electron chi connectivity index (χ0n) is 26.7. The molecule has 9 heteroatoms. The van der Waals surface area contributed by atoms with Crippen molar-refractivity contribution in [3.8, 4) is 0 Å². The number of nitrogens with zero attached hydrogens (tertiary/aromatic N) is 4. The Bertz CT molecular complexity index is 1490. The molecule has 45 heavy (non-hydrogen) atoms. The van der Waals surface area contributed by atoms with Crippen LogP contribution < -0.4 is 0 Å². The van der Waals surface area contributed by atoms with Gasteiger partial charge in [0.15, 0.2) is 9.84 Å². The van der Waals surface area contributed by atoms with Gasteiger partial charge in [-0.2, -0.15) is 0 Å². The van der Waals surface area contributed by atoms with Gasteiger partial charge in [-0.05, 0) is 118 Å². The molecule has 0 spiro atoms. The van der Waals surface area contributed by atoms with Gasteiger partial charge in [-0.3, -0.25) is 14.7 Å². The smallest absolute Gasteiger partial charge is 0.227 e. The van der Waals surface area contributed by atoms with Gasteiger partial charge in [-0.1, -0.05) is 30.3 Å². The largest absolute Gasteiger partial charge is 0.340 e. The Labute approximate surface area is 268 Å². The Hall–Kier alpha value is -3.14. The number of likely N-dealkylation sites (tertiary alicyclic amines) is 2. The molecule has 5 rings (SSSR count). The van der Waals surface area contributed by atoms with Crippen LogP contribution in [0.4, 0.5) is 4.39 Å². The maximum Gasteiger partial charge on any atom is 0.227 e. The number of pyridine rings is 1. The van der Waals surface area contributed by atoms with Gasteiger partial charge >= 0.3 is 0 Å². The minimum Gasteiger partial charge on any atom is -0.340 e. The van der Waals surface area contributed by atoms with Crippen molar-refractivity contribution in [2.24, 2.45) is 5.92 Å². The number of rotatable bonds is 12. The Morgan fingerprint density at radius 3 is 2.29 bits per heavy atom. The minimum absolute atomic E-state index is 0.0871. The predicted octanol–water partition coefficient (Wildman–Crippen LogP) is 5.57. The SMILES string of the molecule is CCN(C(=O)Cc1ccc(S(C)(=O)=O)cc1)C1CCN(CCC(c2cccc(F)c2)C2CCN(Cc3cccnc3)CC2)CC1. The van der Waals surface area contributed by atoms with Crippen LogP contribution in [0.1, 0.15) is 61.6 Å². The fourth-order valence-corrected chi connectivity index (χ4v) is 7.85. The van der Waals surface area contributed by atoms with Crippen LogP contribution >= 0.6 is 0 Å². The molecule has 2 fully saturated rings. The molecule has 7 nitrogen and oxygen atoms in total. The van der Waals surface area contributed by atoms with E-state index < -0.39 is 9.84 Å². The first-order chi connectivity index (χ1) is 21.7. The van der Waals surface area contributed by atoms with Crippen LogP contribution in [0.5, 0.6) is 0 Å². The summed E-state index contributed by atoms with van der Waals surface area (Å²) in [5.74, 6) is 0.767. The van der Waals surface area contributed by atoms with Crippen LogP contribution in [0, 0.1) is 11.7 Å². The third-order valence-electron chi connectivity index (χ3n) is 9.73. The van der Waals surface area contributed by atoms with E-state index in [4.69, 9.17) is 0 Å². The second-order valence-electron chi connectivity index (χ2n) is 12.8. The second-order valence-corrected chi connectivity index (χ2v) is 14.8. The van der Waals surface area contributed by atoms with Crippen molar-refractivity contribution in [2.45, 2.75) is 68.8 Å². The van der Waals surface area contributed by atoms with E-state index in [-0.39, 0.29) is 29.1 Å². The minimum atomic E-state index is -3.26. The molecule has 2 aromatic carbocycles. The van der Waals surface area contributed by atoms with E-state index in [1.165, 1.54) is 17.9 Å². The summed E-state index contributed by atoms with van der Waals surface area (Å²) in [5, 5.41) is 0. The molecule has 3 heterocycles. The van der Waals surface area contributed by atoms with Gasteiger partial charge in [0.1, 0.15) is 5.82 Å². The lowest BCUT2D eigenvalue weighted by Gasteiger charge is -2.40. The first-order valence-electron chi connectivity index (χ1n) is 16.4. The van der Waals surface area contributed by atoms with Crippen molar-refractivity contribution >= 4 is 15.7 Å². The molecule has 0 bridgehead atoms. The molecule has 0 saturated carbocycles.